The first-order valence-corrected chi connectivity index (χ1v) is 10.4. The Bertz CT molecular complexity index is 861. The Labute approximate surface area is 177 Å². The Morgan fingerprint density at radius 1 is 1.13 bits per heavy atom. The van der Waals surface area contributed by atoms with Crippen LogP contribution in [0.5, 0.6) is 5.75 Å². The van der Waals surface area contributed by atoms with E-state index in [2.05, 4.69) is 4.90 Å². The molecule has 0 N–H and O–H groups in total. The van der Waals surface area contributed by atoms with E-state index in [4.69, 9.17) is 4.74 Å². The van der Waals surface area contributed by atoms with Crippen molar-refractivity contribution in [2.45, 2.75) is 26.3 Å². The van der Waals surface area contributed by atoms with E-state index in [1.54, 1.807) is 30.2 Å². The highest BCUT2D eigenvalue weighted by molar-refractivity contribution is 5.98. The Balaban J connectivity index is 1.50. The summed E-state index contributed by atoms with van der Waals surface area (Å²) in [6.07, 6.45) is 1.49. The SMILES string of the molecule is CCN(Cc1cccc(F)c1)C(=O)CN1CCC(C(=O)c2ccc(OC)cc2)CC1. The van der Waals surface area contributed by atoms with Crippen LogP contribution >= 0.6 is 0 Å². The molecule has 2 aromatic rings. The van der Waals surface area contributed by atoms with Crippen LogP contribution in [-0.2, 0) is 11.3 Å². The molecule has 1 amide bonds. The highest BCUT2D eigenvalue weighted by Gasteiger charge is 2.27. The number of ether oxygens (including phenoxy) is 1. The van der Waals surface area contributed by atoms with Gasteiger partial charge in [-0.25, -0.2) is 4.39 Å². The molecule has 0 aromatic heterocycles. The minimum Gasteiger partial charge on any atom is -0.497 e. The highest BCUT2D eigenvalue weighted by atomic mass is 19.1. The van der Waals surface area contributed by atoms with Gasteiger partial charge in [-0.05, 0) is 74.8 Å². The van der Waals surface area contributed by atoms with Crippen molar-refractivity contribution in [3.8, 4) is 5.75 Å². The molecule has 1 aliphatic rings. The number of rotatable bonds is 8. The van der Waals surface area contributed by atoms with Crippen molar-refractivity contribution >= 4 is 11.7 Å². The van der Waals surface area contributed by atoms with E-state index in [1.165, 1.54) is 12.1 Å². The largest absolute Gasteiger partial charge is 0.497 e. The molecule has 0 atom stereocenters. The van der Waals surface area contributed by atoms with Gasteiger partial charge in [-0.1, -0.05) is 12.1 Å². The number of Topliss-reactive ketones (excluding diaryl/α,β-unsaturated/α-hetero) is 1. The zero-order chi connectivity index (χ0) is 21.5. The lowest BCUT2D eigenvalue weighted by atomic mass is 9.89. The summed E-state index contributed by atoms with van der Waals surface area (Å²) in [5, 5.41) is 0. The maximum Gasteiger partial charge on any atom is 0.237 e. The number of benzene rings is 2. The molecule has 0 unspecified atom stereocenters. The monoisotopic (exact) mass is 412 g/mol. The molecule has 0 bridgehead atoms. The fourth-order valence-corrected chi connectivity index (χ4v) is 3.87. The number of nitrogens with zero attached hydrogens (tertiary/aromatic N) is 2. The van der Waals surface area contributed by atoms with Crippen LogP contribution in [0.4, 0.5) is 4.39 Å². The number of hydrogen-bond donors (Lipinski definition) is 0. The summed E-state index contributed by atoms with van der Waals surface area (Å²) in [5.74, 6) is 0.615. The molecule has 160 valence electrons. The Kier molecular flexibility index (Phi) is 7.57. The smallest absolute Gasteiger partial charge is 0.237 e. The van der Waals surface area contributed by atoms with Gasteiger partial charge in [-0.15, -0.1) is 0 Å². The third-order valence-corrected chi connectivity index (χ3v) is 5.69. The van der Waals surface area contributed by atoms with Crippen molar-refractivity contribution in [2.75, 3.05) is 33.3 Å². The Morgan fingerprint density at radius 3 is 2.43 bits per heavy atom. The van der Waals surface area contributed by atoms with Crippen LogP contribution < -0.4 is 4.74 Å². The van der Waals surface area contributed by atoms with Gasteiger partial charge in [0.05, 0.1) is 13.7 Å². The van der Waals surface area contributed by atoms with E-state index in [9.17, 15) is 14.0 Å². The van der Waals surface area contributed by atoms with Crippen molar-refractivity contribution in [3.63, 3.8) is 0 Å². The molecule has 30 heavy (non-hydrogen) atoms. The number of likely N-dealkylation sites (N-methyl/N-ethyl adjacent to an activating group) is 1. The number of hydrogen-bond acceptors (Lipinski definition) is 4. The summed E-state index contributed by atoms with van der Waals surface area (Å²) < 4.78 is 18.6. The lowest BCUT2D eigenvalue weighted by Gasteiger charge is -2.32. The van der Waals surface area contributed by atoms with Gasteiger partial charge in [0.1, 0.15) is 11.6 Å². The Hall–Kier alpha value is -2.73. The third-order valence-electron chi connectivity index (χ3n) is 5.69. The number of piperidine rings is 1. The molecule has 0 spiro atoms. The second-order valence-corrected chi connectivity index (χ2v) is 7.68. The molecule has 1 heterocycles. The van der Waals surface area contributed by atoms with Crippen molar-refractivity contribution in [1.29, 1.82) is 0 Å². The predicted octanol–water partition coefficient (Wildman–Crippen LogP) is 3.78. The standard InChI is InChI=1S/C24H29FN2O3/c1-3-27(16-18-5-4-6-21(25)15-18)23(28)17-26-13-11-20(12-14-26)24(29)19-7-9-22(30-2)10-8-19/h4-10,15,20H,3,11-14,16-17H2,1-2H3. The van der Waals surface area contributed by atoms with Crippen LogP contribution in [0.15, 0.2) is 48.5 Å². The second kappa shape index (κ2) is 10.3. The number of halogens is 1. The summed E-state index contributed by atoms with van der Waals surface area (Å²) in [6, 6.07) is 13.6. The van der Waals surface area contributed by atoms with E-state index < -0.39 is 0 Å². The van der Waals surface area contributed by atoms with Gasteiger partial charge in [0.15, 0.2) is 5.78 Å². The molecule has 0 radical (unpaired) electrons. The molecule has 2 aromatic carbocycles. The van der Waals surface area contributed by atoms with Crippen LogP contribution in [0.25, 0.3) is 0 Å². The van der Waals surface area contributed by atoms with E-state index in [1.807, 2.05) is 25.1 Å². The minimum absolute atomic E-state index is 0.0145. The summed E-state index contributed by atoms with van der Waals surface area (Å²) in [7, 11) is 1.60. The van der Waals surface area contributed by atoms with Gasteiger partial charge < -0.3 is 9.64 Å². The predicted molar refractivity (Wildman–Crippen MR) is 114 cm³/mol. The first-order chi connectivity index (χ1) is 14.5. The molecule has 5 nitrogen and oxygen atoms in total. The third kappa shape index (κ3) is 5.66. The molecule has 3 rings (SSSR count). The lowest BCUT2D eigenvalue weighted by Crippen LogP contribution is -2.44. The quantitative estimate of drug-likeness (QED) is 0.619. The number of carbonyl (C=O) groups excluding carboxylic acids is 2. The number of likely N-dealkylation sites (tertiary alicyclic amines) is 1. The van der Waals surface area contributed by atoms with Gasteiger partial charge in [0.25, 0.3) is 0 Å². The first-order valence-electron chi connectivity index (χ1n) is 10.4. The zero-order valence-electron chi connectivity index (χ0n) is 17.6. The maximum atomic E-state index is 13.4. The fraction of sp³-hybridized carbons (Fsp3) is 0.417. The highest BCUT2D eigenvalue weighted by Crippen LogP contribution is 2.23. The molecule has 0 saturated carbocycles. The van der Waals surface area contributed by atoms with Crippen molar-refractivity contribution in [2.24, 2.45) is 5.92 Å². The first kappa shape index (κ1) is 22.0. The van der Waals surface area contributed by atoms with Crippen molar-refractivity contribution < 1.29 is 18.7 Å². The molecule has 6 heteroatoms. The average molecular weight is 413 g/mol. The molecule has 1 fully saturated rings. The number of ketones is 1. The van der Waals surface area contributed by atoms with E-state index in [0.717, 1.165) is 37.2 Å². The summed E-state index contributed by atoms with van der Waals surface area (Å²) in [5.41, 5.74) is 1.49. The Morgan fingerprint density at radius 2 is 1.83 bits per heavy atom. The number of amides is 1. The minimum atomic E-state index is -0.292. The van der Waals surface area contributed by atoms with Gasteiger partial charge >= 0.3 is 0 Å². The normalized spacial score (nSPS) is 15.0. The van der Waals surface area contributed by atoms with Gasteiger partial charge in [-0.3, -0.25) is 14.5 Å². The molecule has 0 aliphatic carbocycles. The molecular formula is C24H29FN2O3. The van der Waals surface area contributed by atoms with Crippen molar-refractivity contribution in [1.82, 2.24) is 9.80 Å². The average Bonchev–Trinajstić information content (AvgIpc) is 2.77. The van der Waals surface area contributed by atoms with Crippen LogP contribution in [0.2, 0.25) is 0 Å². The topological polar surface area (TPSA) is 49.9 Å². The lowest BCUT2D eigenvalue weighted by molar-refractivity contribution is -0.133. The van der Waals surface area contributed by atoms with Crippen LogP contribution in [0.3, 0.4) is 0 Å². The number of carbonyl (C=O) groups is 2. The maximum absolute atomic E-state index is 13.4. The van der Waals surface area contributed by atoms with E-state index in [0.29, 0.717) is 25.2 Å². The van der Waals surface area contributed by atoms with E-state index in [-0.39, 0.29) is 23.4 Å². The second-order valence-electron chi connectivity index (χ2n) is 7.68. The summed E-state index contributed by atoms with van der Waals surface area (Å²) in [6.45, 7) is 4.66. The summed E-state index contributed by atoms with van der Waals surface area (Å²) in [4.78, 5) is 29.3. The number of methoxy groups -OCH3 is 1. The molecular weight excluding hydrogens is 383 g/mol. The van der Waals surface area contributed by atoms with Gasteiger partial charge in [0.2, 0.25) is 5.91 Å². The molecule has 1 aliphatic heterocycles. The van der Waals surface area contributed by atoms with Gasteiger partial charge in [0, 0.05) is 24.6 Å². The van der Waals surface area contributed by atoms with Crippen LogP contribution in [0, 0.1) is 11.7 Å². The molecule has 1 saturated heterocycles. The zero-order valence-corrected chi connectivity index (χ0v) is 17.6. The summed E-state index contributed by atoms with van der Waals surface area (Å²) >= 11 is 0. The van der Waals surface area contributed by atoms with E-state index >= 15 is 0 Å². The van der Waals surface area contributed by atoms with Crippen LogP contribution in [-0.4, -0.2) is 54.8 Å². The van der Waals surface area contributed by atoms with Gasteiger partial charge in [-0.2, -0.15) is 0 Å². The van der Waals surface area contributed by atoms with Crippen LogP contribution in [0.1, 0.15) is 35.7 Å². The fourth-order valence-electron chi connectivity index (χ4n) is 3.87. The van der Waals surface area contributed by atoms with Crippen molar-refractivity contribution in [3.05, 3.63) is 65.5 Å².